The van der Waals surface area contributed by atoms with Gasteiger partial charge in [-0.3, -0.25) is 0 Å². The molecule has 0 aliphatic carbocycles. The second-order valence-electron chi connectivity index (χ2n) is 12.9. The Labute approximate surface area is 286 Å². The predicted octanol–water partition coefficient (Wildman–Crippen LogP) is 13.1. The molecule has 0 bridgehead atoms. The van der Waals surface area contributed by atoms with Crippen LogP contribution in [0.3, 0.4) is 0 Å². The number of benzene rings is 8. The van der Waals surface area contributed by atoms with Crippen molar-refractivity contribution in [1.82, 2.24) is 4.57 Å². The first-order valence-corrected chi connectivity index (χ1v) is 16.9. The Balaban J connectivity index is 1.31. The number of hydrogen-bond donors (Lipinski definition) is 0. The first-order chi connectivity index (χ1) is 24.3. The fourth-order valence-electron chi connectivity index (χ4n) is 7.88. The van der Waals surface area contributed by atoms with E-state index in [0.29, 0.717) is 0 Å². The van der Waals surface area contributed by atoms with E-state index in [1.165, 1.54) is 94.3 Å². The summed E-state index contributed by atoms with van der Waals surface area (Å²) in [7, 11) is 0. The van der Waals surface area contributed by atoms with Gasteiger partial charge < -0.3 is 4.57 Å². The molecule has 1 aromatic heterocycles. The molecule has 0 amide bonds. The molecule has 0 saturated carbocycles. The van der Waals surface area contributed by atoms with Gasteiger partial charge in [0.25, 0.3) is 0 Å². The molecule has 0 unspecified atom stereocenters. The first-order valence-electron chi connectivity index (χ1n) is 16.9. The normalized spacial score (nSPS) is 11.7. The third-order valence-corrected chi connectivity index (χ3v) is 10.1. The van der Waals surface area contributed by atoms with Crippen molar-refractivity contribution in [3.05, 3.63) is 188 Å². The van der Waals surface area contributed by atoms with Crippen molar-refractivity contribution < 1.29 is 0 Å². The molecule has 9 aromatic rings. The van der Waals surface area contributed by atoms with Crippen LogP contribution in [0, 0.1) is 0 Å². The molecule has 228 valence electrons. The third kappa shape index (κ3) is 4.40. The maximum absolute atomic E-state index is 2.52. The first kappa shape index (κ1) is 27.7. The van der Waals surface area contributed by atoms with E-state index in [2.05, 4.69) is 193 Å². The van der Waals surface area contributed by atoms with Crippen LogP contribution < -0.4 is 0 Å². The molecule has 49 heavy (non-hydrogen) atoms. The molecule has 1 aliphatic heterocycles. The second kappa shape index (κ2) is 11.1. The molecule has 1 heteroatoms. The van der Waals surface area contributed by atoms with E-state index in [-0.39, 0.29) is 0 Å². The van der Waals surface area contributed by atoms with Crippen molar-refractivity contribution in [2.45, 2.75) is 0 Å². The van der Waals surface area contributed by atoms with Gasteiger partial charge in [0.2, 0.25) is 0 Å². The Kier molecular flexibility index (Phi) is 6.25. The summed E-state index contributed by atoms with van der Waals surface area (Å²) in [6.45, 7) is 0. The lowest BCUT2D eigenvalue weighted by Crippen LogP contribution is -1.96. The molecular formula is C48H31N. The van der Waals surface area contributed by atoms with Crippen LogP contribution in [0.25, 0.3) is 94.3 Å². The average molecular weight is 622 g/mol. The van der Waals surface area contributed by atoms with Crippen molar-refractivity contribution in [3.63, 3.8) is 0 Å². The number of rotatable bonds is 4. The van der Waals surface area contributed by atoms with Crippen LogP contribution in [-0.4, -0.2) is 4.57 Å². The topological polar surface area (TPSA) is 4.93 Å². The van der Waals surface area contributed by atoms with Crippen molar-refractivity contribution in [2.75, 3.05) is 0 Å². The van der Waals surface area contributed by atoms with E-state index < -0.39 is 0 Å². The van der Waals surface area contributed by atoms with E-state index in [1.807, 2.05) is 0 Å². The molecule has 0 saturated heterocycles. The highest BCUT2D eigenvalue weighted by atomic mass is 15.0. The van der Waals surface area contributed by atoms with E-state index >= 15 is 0 Å². The highest BCUT2D eigenvalue weighted by Gasteiger charge is 2.26. The van der Waals surface area contributed by atoms with Gasteiger partial charge in [-0.1, -0.05) is 152 Å². The van der Waals surface area contributed by atoms with Gasteiger partial charge >= 0.3 is 0 Å². The van der Waals surface area contributed by atoms with Crippen LogP contribution in [-0.2, 0) is 0 Å². The van der Waals surface area contributed by atoms with Gasteiger partial charge in [-0.2, -0.15) is 0 Å². The van der Waals surface area contributed by atoms with Crippen LogP contribution >= 0.6 is 0 Å². The SMILES string of the molecule is c1ccc(-c2ccc3c(c2)-c2ccccc2-c2cc(-c4ccccc4)cc4c5cc(-c6ccccc6-c6ccccc6)ccc5n-3c24)cc1. The summed E-state index contributed by atoms with van der Waals surface area (Å²) in [5, 5.41) is 2.52. The number of nitrogens with zero attached hydrogens (tertiary/aromatic N) is 1. The fourth-order valence-corrected chi connectivity index (χ4v) is 7.88. The Bertz CT molecular complexity index is 2680. The average Bonchev–Trinajstić information content (AvgIpc) is 3.45. The maximum atomic E-state index is 2.52. The van der Waals surface area contributed by atoms with Gasteiger partial charge in [0.15, 0.2) is 0 Å². The molecule has 0 N–H and O–H groups in total. The Hall–Kier alpha value is -6.44. The maximum Gasteiger partial charge on any atom is 0.0620 e. The quantitative estimate of drug-likeness (QED) is 0.184. The third-order valence-electron chi connectivity index (χ3n) is 10.1. The molecule has 0 spiro atoms. The van der Waals surface area contributed by atoms with E-state index in [4.69, 9.17) is 0 Å². The zero-order valence-electron chi connectivity index (χ0n) is 26.8. The largest absolute Gasteiger partial charge is 0.308 e. The Morgan fingerprint density at radius 3 is 1.43 bits per heavy atom. The summed E-state index contributed by atoms with van der Waals surface area (Å²) >= 11 is 0. The lowest BCUT2D eigenvalue weighted by Gasteiger charge is -2.15. The number of fused-ring (bicyclic) bond motifs is 8. The fraction of sp³-hybridized carbons (Fsp3) is 0. The zero-order valence-corrected chi connectivity index (χ0v) is 26.8. The molecular weight excluding hydrogens is 591 g/mol. The Morgan fingerprint density at radius 2 is 0.755 bits per heavy atom. The lowest BCUT2D eigenvalue weighted by atomic mass is 9.89. The van der Waals surface area contributed by atoms with Gasteiger partial charge in [0.05, 0.1) is 16.7 Å². The van der Waals surface area contributed by atoms with Crippen molar-refractivity contribution >= 4 is 21.8 Å². The molecule has 1 nitrogen and oxygen atoms in total. The molecule has 0 fully saturated rings. The van der Waals surface area contributed by atoms with Gasteiger partial charge in [0, 0.05) is 21.9 Å². The molecule has 10 rings (SSSR count). The standard InChI is InChI=1S/C48H31N/c1-4-14-32(15-5-1)35-24-26-46-42(28-35)40-22-12-13-23-41(40)44-30-37(33-16-6-2-7-17-33)31-45-43-29-36(25-27-47(43)49(46)48(44)45)39-21-11-10-20-38(39)34-18-8-3-9-19-34/h1-31H. The number of hydrogen-bond acceptors (Lipinski definition) is 0. The van der Waals surface area contributed by atoms with Crippen LogP contribution in [0.2, 0.25) is 0 Å². The molecule has 1 aliphatic rings. The smallest absolute Gasteiger partial charge is 0.0620 e. The molecule has 2 heterocycles. The van der Waals surface area contributed by atoms with E-state index in [0.717, 1.165) is 0 Å². The van der Waals surface area contributed by atoms with Gasteiger partial charge in [0.1, 0.15) is 0 Å². The van der Waals surface area contributed by atoms with Crippen LogP contribution in [0.1, 0.15) is 0 Å². The highest BCUT2D eigenvalue weighted by molar-refractivity contribution is 6.18. The predicted molar refractivity (Wildman–Crippen MR) is 207 cm³/mol. The molecule has 0 radical (unpaired) electrons. The highest BCUT2D eigenvalue weighted by Crippen LogP contribution is 2.49. The summed E-state index contributed by atoms with van der Waals surface area (Å²) in [6.07, 6.45) is 0. The summed E-state index contributed by atoms with van der Waals surface area (Å²) in [6, 6.07) is 68.8. The van der Waals surface area contributed by atoms with Crippen molar-refractivity contribution in [1.29, 1.82) is 0 Å². The van der Waals surface area contributed by atoms with Gasteiger partial charge in [-0.05, 0) is 92.0 Å². The zero-order chi connectivity index (χ0) is 32.3. The summed E-state index contributed by atoms with van der Waals surface area (Å²) < 4.78 is 2.52. The van der Waals surface area contributed by atoms with E-state index in [9.17, 15) is 0 Å². The number of aromatic nitrogens is 1. The van der Waals surface area contributed by atoms with Crippen molar-refractivity contribution in [2.24, 2.45) is 0 Å². The minimum Gasteiger partial charge on any atom is -0.308 e. The Morgan fingerprint density at radius 1 is 0.265 bits per heavy atom. The molecule has 0 atom stereocenters. The summed E-state index contributed by atoms with van der Waals surface area (Å²) in [4.78, 5) is 0. The molecule has 8 aromatic carbocycles. The minimum atomic E-state index is 1.20. The van der Waals surface area contributed by atoms with Crippen LogP contribution in [0.4, 0.5) is 0 Å². The van der Waals surface area contributed by atoms with Crippen LogP contribution in [0.5, 0.6) is 0 Å². The van der Waals surface area contributed by atoms with Crippen LogP contribution in [0.15, 0.2) is 188 Å². The summed E-state index contributed by atoms with van der Waals surface area (Å²) in [5.41, 5.74) is 18.5. The lowest BCUT2D eigenvalue weighted by molar-refractivity contribution is 1.19. The monoisotopic (exact) mass is 621 g/mol. The van der Waals surface area contributed by atoms with Crippen molar-refractivity contribution in [3.8, 4) is 72.4 Å². The summed E-state index contributed by atoms with van der Waals surface area (Å²) in [5.74, 6) is 0. The minimum absolute atomic E-state index is 1.20. The second-order valence-corrected chi connectivity index (χ2v) is 12.9. The van der Waals surface area contributed by atoms with Gasteiger partial charge in [-0.25, -0.2) is 0 Å². The van der Waals surface area contributed by atoms with E-state index in [1.54, 1.807) is 0 Å². The van der Waals surface area contributed by atoms with Gasteiger partial charge in [-0.15, -0.1) is 0 Å².